The van der Waals surface area contributed by atoms with Crippen molar-refractivity contribution in [2.24, 2.45) is 0 Å². The second kappa shape index (κ2) is 6.19. The van der Waals surface area contributed by atoms with Gasteiger partial charge in [-0.15, -0.1) is 0 Å². The van der Waals surface area contributed by atoms with Crippen LogP contribution in [0.2, 0.25) is 0 Å². The molecule has 19 heavy (non-hydrogen) atoms. The third-order valence-electron chi connectivity index (χ3n) is 2.86. The van der Waals surface area contributed by atoms with Crippen molar-refractivity contribution in [1.82, 2.24) is 10.4 Å². The normalized spacial score (nSPS) is 18.2. The van der Waals surface area contributed by atoms with Gasteiger partial charge in [-0.2, -0.15) is 0 Å². The van der Waals surface area contributed by atoms with E-state index in [-0.39, 0.29) is 12.6 Å². The van der Waals surface area contributed by atoms with Crippen molar-refractivity contribution in [3.05, 3.63) is 35.9 Å². The van der Waals surface area contributed by atoms with Crippen LogP contribution in [-0.4, -0.2) is 36.8 Å². The minimum atomic E-state index is -0.491. The molecule has 1 aromatic rings. The summed E-state index contributed by atoms with van der Waals surface area (Å²) in [6.07, 6.45) is 0.0304. The first-order valence-corrected chi connectivity index (χ1v) is 6.03. The van der Waals surface area contributed by atoms with Gasteiger partial charge in [-0.25, -0.2) is 15.2 Å². The minimum Gasteiger partial charge on any atom is -0.468 e. The van der Waals surface area contributed by atoms with Crippen LogP contribution in [0.3, 0.4) is 0 Å². The zero-order chi connectivity index (χ0) is 13.7. The topological polar surface area (TPSA) is 67.9 Å². The molecule has 0 unspecified atom stereocenters. The summed E-state index contributed by atoms with van der Waals surface area (Å²) in [5, 5.41) is 1.30. The summed E-state index contributed by atoms with van der Waals surface area (Å²) in [7, 11) is 1.32. The SMILES string of the molecule is COC(=O)[C@@H]1CCN(C(=O)OCc2ccccc2)N1. The highest BCUT2D eigenvalue weighted by Gasteiger charge is 2.31. The highest BCUT2D eigenvalue weighted by molar-refractivity contribution is 5.77. The van der Waals surface area contributed by atoms with Gasteiger partial charge in [0.1, 0.15) is 12.6 Å². The van der Waals surface area contributed by atoms with E-state index in [2.05, 4.69) is 10.2 Å². The van der Waals surface area contributed by atoms with Crippen molar-refractivity contribution in [3.8, 4) is 0 Å². The lowest BCUT2D eigenvalue weighted by Gasteiger charge is -2.16. The van der Waals surface area contributed by atoms with E-state index in [1.165, 1.54) is 12.1 Å². The Morgan fingerprint density at radius 1 is 1.37 bits per heavy atom. The van der Waals surface area contributed by atoms with E-state index in [1.807, 2.05) is 30.3 Å². The van der Waals surface area contributed by atoms with E-state index >= 15 is 0 Å². The number of hydrogen-bond donors (Lipinski definition) is 1. The second-order valence-electron chi connectivity index (χ2n) is 4.19. The Balaban J connectivity index is 1.80. The molecule has 0 saturated carbocycles. The van der Waals surface area contributed by atoms with Gasteiger partial charge in [-0.05, 0) is 12.0 Å². The van der Waals surface area contributed by atoms with Gasteiger partial charge in [0.15, 0.2) is 0 Å². The Hall–Kier alpha value is -2.08. The molecule has 1 amide bonds. The first kappa shape index (κ1) is 13.4. The van der Waals surface area contributed by atoms with Gasteiger partial charge in [0, 0.05) is 6.54 Å². The molecule has 0 bridgehead atoms. The molecular formula is C13H16N2O4. The quantitative estimate of drug-likeness (QED) is 0.827. The summed E-state index contributed by atoms with van der Waals surface area (Å²) in [6, 6.07) is 8.93. The number of hydrogen-bond acceptors (Lipinski definition) is 5. The average molecular weight is 264 g/mol. The second-order valence-corrected chi connectivity index (χ2v) is 4.19. The van der Waals surface area contributed by atoms with Crippen LogP contribution in [0.4, 0.5) is 4.79 Å². The van der Waals surface area contributed by atoms with Crippen molar-refractivity contribution >= 4 is 12.1 Å². The lowest BCUT2D eigenvalue weighted by molar-refractivity contribution is -0.143. The lowest BCUT2D eigenvalue weighted by atomic mass is 10.2. The number of nitrogens with zero attached hydrogens (tertiary/aromatic N) is 1. The molecule has 0 aromatic heterocycles. The number of ether oxygens (including phenoxy) is 2. The molecule has 2 rings (SSSR count). The van der Waals surface area contributed by atoms with Crippen LogP contribution >= 0.6 is 0 Å². The molecule has 6 nitrogen and oxygen atoms in total. The smallest absolute Gasteiger partial charge is 0.424 e. The maximum Gasteiger partial charge on any atom is 0.424 e. The van der Waals surface area contributed by atoms with Gasteiger partial charge >= 0.3 is 12.1 Å². The summed E-state index contributed by atoms with van der Waals surface area (Å²) in [5.74, 6) is -0.377. The molecule has 1 fully saturated rings. The molecule has 102 valence electrons. The number of rotatable bonds is 3. The molecule has 6 heteroatoms. The molecule has 1 N–H and O–H groups in total. The van der Waals surface area contributed by atoms with Gasteiger partial charge in [-0.1, -0.05) is 30.3 Å². The lowest BCUT2D eigenvalue weighted by Crippen LogP contribution is -2.43. The third-order valence-corrected chi connectivity index (χ3v) is 2.86. The first-order valence-electron chi connectivity index (χ1n) is 6.03. The molecule has 0 spiro atoms. The van der Waals surface area contributed by atoms with Gasteiger partial charge in [-0.3, -0.25) is 4.79 Å². The molecule has 1 heterocycles. The molecule has 1 aliphatic heterocycles. The Kier molecular flexibility index (Phi) is 4.35. The van der Waals surface area contributed by atoms with Crippen LogP contribution in [0.1, 0.15) is 12.0 Å². The number of carbonyl (C=O) groups is 2. The number of benzene rings is 1. The summed E-state index contributed by atoms with van der Waals surface area (Å²) in [6.45, 7) is 0.633. The number of methoxy groups -OCH3 is 1. The van der Waals surface area contributed by atoms with Crippen molar-refractivity contribution in [2.75, 3.05) is 13.7 Å². The number of carbonyl (C=O) groups excluding carboxylic acids is 2. The summed E-state index contributed by atoms with van der Waals surface area (Å²) in [5.41, 5.74) is 3.68. The van der Waals surface area contributed by atoms with Crippen molar-refractivity contribution in [3.63, 3.8) is 0 Å². The highest BCUT2D eigenvalue weighted by atomic mass is 16.6. The molecule has 1 aromatic carbocycles. The number of esters is 1. The molecule has 0 radical (unpaired) electrons. The van der Waals surface area contributed by atoms with Crippen molar-refractivity contribution in [1.29, 1.82) is 0 Å². The van der Waals surface area contributed by atoms with E-state index < -0.39 is 12.1 Å². The fraction of sp³-hybridized carbons (Fsp3) is 0.385. The van der Waals surface area contributed by atoms with Crippen molar-refractivity contribution in [2.45, 2.75) is 19.1 Å². The Bertz CT molecular complexity index is 449. The Labute approximate surface area is 111 Å². The largest absolute Gasteiger partial charge is 0.468 e. The van der Waals surface area contributed by atoms with Crippen LogP contribution in [0.5, 0.6) is 0 Å². The highest BCUT2D eigenvalue weighted by Crippen LogP contribution is 2.09. The van der Waals surface area contributed by atoms with Crippen LogP contribution in [0, 0.1) is 0 Å². The fourth-order valence-corrected chi connectivity index (χ4v) is 1.83. The van der Waals surface area contributed by atoms with Crippen LogP contribution in [0.15, 0.2) is 30.3 Å². The van der Waals surface area contributed by atoms with Gasteiger partial charge in [0.2, 0.25) is 0 Å². The van der Waals surface area contributed by atoms with Crippen LogP contribution in [-0.2, 0) is 20.9 Å². The fourth-order valence-electron chi connectivity index (χ4n) is 1.83. The van der Waals surface area contributed by atoms with E-state index in [1.54, 1.807) is 0 Å². The van der Waals surface area contributed by atoms with Crippen LogP contribution in [0.25, 0.3) is 0 Å². The monoisotopic (exact) mass is 264 g/mol. The number of nitrogens with one attached hydrogen (secondary N) is 1. The predicted molar refractivity (Wildman–Crippen MR) is 66.9 cm³/mol. The molecule has 1 aliphatic rings. The number of amides is 1. The standard InChI is InChI=1S/C13H16N2O4/c1-18-12(16)11-7-8-15(14-11)13(17)19-9-10-5-3-2-4-6-10/h2-6,11,14H,7-9H2,1H3/t11-/m0/s1. The summed E-state index contributed by atoms with van der Waals surface area (Å²) in [4.78, 5) is 23.1. The van der Waals surface area contributed by atoms with E-state index in [4.69, 9.17) is 4.74 Å². The molecular weight excluding hydrogens is 248 g/mol. The van der Waals surface area contributed by atoms with Crippen LogP contribution < -0.4 is 5.43 Å². The molecule has 1 saturated heterocycles. The van der Waals surface area contributed by atoms with Gasteiger partial charge in [0.25, 0.3) is 0 Å². The Morgan fingerprint density at radius 2 is 2.11 bits per heavy atom. The summed E-state index contributed by atoms with van der Waals surface area (Å²) >= 11 is 0. The zero-order valence-corrected chi connectivity index (χ0v) is 10.7. The average Bonchev–Trinajstić information content (AvgIpc) is 2.95. The maximum atomic E-state index is 11.8. The number of hydrazine groups is 1. The Morgan fingerprint density at radius 3 is 2.79 bits per heavy atom. The van der Waals surface area contributed by atoms with E-state index in [0.717, 1.165) is 5.56 Å². The zero-order valence-electron chi connectivity index (χ0n) is 10.7. The van der Waals surface area contributed by atoms with E-state index in [9.17, 15) is 9.59 Å². The molecule has 1 atom stereocenters. The first-order chi connectivity index (χ1) is 9.20. The van der Waals surface area contributed by atoms with E-state index in [0.29, 0.717) is 13.0 Å². The van der Waals surface area contributed by atoms with Gasteiger partial charge in [0.05, 0.1) is 7.11 Å². The minimum absolute atomic E-state index is 0.209. The predicted octanol–water partition coefficient (Wildman–Crippen LogP) is 1.08. The van der Waals surface area contributed by atoms with Crippen molar-refractivity contribution < 1.29 is 19.1 Å². The summed E-state index contributed by atoms with van der Waals surface area (Å²) < 4.78 is 9.76. The maximum absolute atomic E-state index is 11.8. The molecule has 0 aliphatic carbocycles. The van der Waals surface area contributed by atoms with Gasteiger partial charge < -0.3 is 9.47 Å². The third kappa shape index (κ3) is 3.45.